The van der Waals surface area contributed by atoms with Crippen LogP contribution in [0.2, 0.25) is 0 Å². The van der Waals surface area contributed by atoms with Gasteiger partial charge in [-0.05, 0) is 87.2 Å². The number of nitrogens with one attached hydrogen (secondary N) is 1. The number of carbonyl (C=O) groups is 2. The number of amides is 2. The Hall–Kier alpha value is -3.57. The highest BCUT2D eigenvalue weighted by molar-refractivity contribution is 9.10. The third-order valence-corrected chi connectivity index (χ3v) is 9.45. The molecular formula is C32H40BrN3O6S. The molecule has 0 aliphatic rings. The van der Waals surface area contributed by atoms with E-state index in [9.17, 15) is 18.0 Å². The van der Waals surface area contributed by atoms with Crippen LogP contribution in [0.3, 0.4) is 0 Å². The van der Waals surface area contributed by atoms with E-state index >= 15 is 0 Å². The van der Waals surface area contributed by atoms with Crippen LogP contribution >= 0.6 is 15.9 Å². The highest BCUT2D eigenvalue weighted by atomic mass is 79.9. The largest absolute Gasteiger partial charge is 0.493 e. The molecule has 232 valence electrons. The number of methoxy groups -OCH3 is 2. The SMILES string of the molecule is CC[C@H](C)NC(=O)[C@@H](C)N(Cc1ccc(Br)cc1)C(=O)CN(c1cc(C)cc(C)c1)S(=O)(=O)c1ccc(OC)c(OC)c1. The first-order valence-corrected chi connectivity index (χ1v) is 16.2. The van der Waals surface area contributed by atoms with Crippen molar-refractivity contribution in [2.75, 3.05) is 25.1 Å². The second kappa shape index (κ2) is 14.7. The van der Waals surface area contributed by atoms with Crippen LogP contribution < -0.4 is 19.1 Å². The predicted octanol–water partition coefficient (Wildman–Crippen LogP) is 5.61. The Morgan fingerprint density at radius 2 is 1.51 bits per heavy atom. The summed E-state index contributed by atoms with van der Waals surface area (Å²) in [6.07, 6.45) is 0.725. The van der Waals surface area contributed by atoms with Gasteiger partial charge in [0.15, 0.2) is 11.5 Å². The van der Waals surface area contributed by atoms with Gasteiger partial charge in [-0.2, -0.15) is 0 Å². The van der Waals surface area contributed by atoms with Crippen molar-refractivity contribution in [3.05, 3.63) is 81.8 Å². The first kappa shape index (κ1) is 33.9. The number of halogens is 1. The van der Waals surface area contributed by atoms with Crippen LogP contribution in [-0.4, -0.2) is 58.0 Å². The molecule has 0 aromatic heterocycles. The van der Waals surface area contributed by atoms with Crippen LogP contribution in [0.25, 0.3) is 0 Å². The van der Waals surface area contributed by atoms with E-state index in [0.717, 1.165) is 31.9 Å². The molecule has 1 N–H and O–H groups in total. The fourth-order valence-electron chi connectivity index (χ4n) is 4.56. The molecule has 3 rings (SSSR count). The Kier molecular flexibility index (Phi) is 11.6. The molecule has 3 aromatic carbocycles. The summed E-state index contributed by atoms with van der Waals surface area (Å²) in [6.45, 7) is 8.80. The van der Waals surface area contributed by atoms with Crippen molar-refractivity contribution in [2.24, 2.45) is 0 Å². The van der Waals surface area contributed by atoms with Crippen molar-refractivity contribution in [1.29, 1.82) is 0 Å². The van der Waals surface area contributed by atoms with Gasteiger partial charge in [-0.15, -0.1) is 0 Å². The van der Waals surface area contributed by atoms with Gasteiger partial charge in [-0.1, -0.05) is 41.1 Å². The Balaban J connectivity index is 2.10. The molecule has 3 aromatic rings. The number of nitrogens with zero attached hydrogens (tertiary/aromatic N) is 2. The maximum absolute atomic E-state index is 14.2. The molecule has 11 heteroatoms. The number of carbonyl (C=O) groups excluding carboxylic acids is 2. The summed E-state index contributed by atoms with van der Waals surface area (Å²) in [5, 5.41) is 2.94. The maximum Gasteiger partial charge on any atom is 0.264 e. The van der Waals surface area contributed by atoms with Crippen molar-refractivity contribution < 1.29 is 27.5 Å². The topological polar surface area (TPSA) is 105 Å². The smallest absolute Gasteiger partial charge is 0.264 e. The van der Waals surface area contributed by atoms with Gasteiger partial charge in [0.1, 0.15) is 12.6 Å². The maximum atomic E-state index is 14.2. The molecule has 0 bridgehead atoms. The monoisotopic (exact) mass is 673 g/mol. The third-order valence-electron chi connectivity index (χ3n) is 7.15. The van der Waals surface area contributed by atoms with Crippen molar-refractivity contribution in [1.82, 2.24) is 10.2 Å². The molecule has 9 nitrogen and oxygen atoms in total. The quantitative estimate of drug-likeness (QED) is 0.253. The fourth-order valence-corrected chi connectivity index (χ4v) is 6.24. The van der Waals surface area contributed by atoms with Gasteiger partial charge in [-0.3, -0.25) is 13.9 Å². The van der Waals surface area contributed by atoms with Crippen LogP contribution in [0.4, 0.5) is 5.69 Å². The molecule has 2 amide bonds. The summed E-state index contributed by atoms with van der Waals surface area (Å²) < 4.78 is 41.1. The molecule has 0 aliphatic heterocycles. The molecule has 43 heavy (non-hydrogen) atoms. The average Bonchev–Trinajstić information content (AvgIpc) is 2.97. The summed E-state index contributed by atoms with van der Waals surface area (Å²) >= 11 is 3.43. The zero-order valence-electron chi connectivity index (χ0n) is 25.7. The highest BCUT2D eigenvalue weighted by Gasteiger charge is 2.33. The number of rotatable bonds is 13. The molecule has 0 spiro atoms. The van der Waals surface area contributed by atoms with Crippen molar-refractivity contribution in [2.45, 2.75) is 64.6 Å². The van der Waals surface area contributed by atoms with Gasteiger partial charge in [0, 0.05) is 23.1 Å². The summed E-state index contributed by atoms with van der Waals surface area (Å²) in [5.41, 5.74) is 2.80. The normalized spacial score (nSPS) is 12.7. The van der Waals surface area contributed by atoms with E-state index in [1.54, 1.807) is 19.1 Å². The van der Waals surface area contributed by atoms with Crippen molar-refractivity contribution in [3.8, 4) is 11.5 Å². The number of hydrogen-bond donors (Lipinski definition) is 1. The van der Waals surface area contributed by atoms with Gasteiger partial charge in [0.2, 0.25) is 11.8 Å². The van der Waals surface area contributed by atoms with E-state index in [1.807, 2.05) is 58.0 Å². The van der Waals surface area contributed by atoms with Gasteiger partial charge in [0.05, 0.1) is 24.8 Å². The van der Waals surface area contributed by atoms with E-state index in [4.69, 9.17) is 9.47 Å². The van der Waals surface area contributed by atoms with Gasteiger partial charge in [-0.25, -0.2) is 8.42 Å². The summed E-state index contributed by atoms with van der Waals surface area (Å²) in [5.74, 6) is -0.238. The van der Waals surface area contributed by atoms with E-state index in [2.05, 4.69) is 21.2 Å². The van der Waals surface area contributed by atoms with E-state index in [0.29, 0.717) is 11.4 Å². The number of aryl methyl sites for hydroxylation is 2. The van der Waals surface area contributed by atoms with Crippen molar-refractivity contribution in [3.63, 3.8) is 0 Å². The minimum Gasteiger partial charge on any atom is -0.493 e. The zero-order valence-corrected chi connectivity index (χ0v) is 28.1. The lowest BCUT2D eigenvalue weighted by Gasteiger charge is -2.32. The molecular weight excluding hydrogens is 634 g/mol. The van der Waals surface area contributed by atoms with Crippen LogP contribution in [0.1, 0.15) is 43.9 Å². The summed E-state index contributed by atoms with van der Waals surface area (Å²) in [6, 6.07) is 16.1. The number of benzene rings is 3. The number of ether oxygens (including phenoxy) is 2. The zero-order chi connectivity index (χ0) is 31.9. The molecule has 0 fully saturated rings. The summed E-state index contributed by atoms with van der Waals surface area (Å²) in [7, 11) is -1.39. The van der Waals surface area contributed by atoms with Gasteiger partial charge >= 0.3 is 0 Å². The first-order chi connectivity index (χ1) is 20.3. The van der Waals surface area contributed by atoms with Crippen LogP contribution in [0.15, 0.2) is 70.0 Å². The lowest BCUT2D eigenvalue weighted by Crippen LogP contribution is -2.52. The Morgan fingerprint density at radius 1 is 0.907 bits per heavy atom. The molecule has 0 aliphatic carbocycles. The van der Waals surface area contributed by atoms with Crippen LogP contribution in [-0.2, 0) is 26.2 Å². The van der Waals surface area contributed by atoms with Crippen molar-refractivity contribution >= 4 is 43.5 Å². The molecule has 0 unspecified atom stereocenters. The Bertz CT molecular complexity index is 1520. The minimum absolute atomic E-state index is 0.0702. The molecule has 0 saturated heterocycles. The molecule has 0 radical (unpaired) electrons. The van der Waals surface area contributed by atoms with E-state index in [1.165, 1.54) is 37.3 Å². The summed E-state index contributed by atoms with van der Waals surface area (Å²) in [4.78, 5) is 28.7. The second-order valence-electron chi connectivity index (χ2n) is 10.5. The Labute approximate surface area is 263 Å². The second-order valence-corrected chi connectivity index (χ2v) is 13.3. The first-order valence-electron chi connectivity index (χ1n) is 14.0. The Morgan fingerprint density at radius 3 is 2.07 bits per heavy atom. The molecule has 0 saturated carbocycles. The molecule has 0 heterocycles. The number of sulfonamides is 1. The average molecular weight is 675 g/mol. The lowest BCUT2D eigenvalue weighted by atomic mass is 10.1. The standard InChI is InChI=1S/C32H40BrN3O6S/c1-8-23(4)34-32(38)24(5)35(19-25-9-11-26(33)12-10-25)31(37)20-36(27-16-21(2)15-22(3)17-27)43(39,40)28-13-14-29(41-6)30(18-28)42-7/h9-18,23-24H,8,19-20H2,1-7H3,(H,34,38)/t23-,24+/m0/s1. The fraction of sp³-hybridized carbons (Fsp3) is 0.375. The van der Waals surface area contributed by atoms with E-state index < -0.39 is 28.5 Å². The van der Waals surface area contributed by atoms with Gasteiger partial charge in [0.25, 0.3) is 10.0 Å². The number of hydrogen-bond acceptors (Lipinski definition) is 6. The van der Waals surface area contributed by atoms with Crippen LogP contribution in [0.5, 0.6) is 11.5 Å². The third kappa shape index (κ3) is 8.51. The number of anilines is 1. The molecule has 2 atom stereocenters. The van der Waals surface area contributed by atoms with Crippen LogP contribution in [0, 0.1) is 13.8 Å². The lowest BCUT2D eigenvalue weighted by molar-refractivity contribution is -0.139. The van der Waals surface area contributed by atoms with Gasteiger partial charge < -0.3 is 19.7 Å². The predicted molar refractivity (Wildman–Crippen MR) is 172 cm³/mol. The van der Waals surface area contributed by atoms with E-state index in [-0.39, 0.29) is 29.1 Å². The minimum atomic E-state index is -4.28. The highest BCUT2D eigenvalue weighted by Crippen LogP contribution is 2.33.